The smallest absolute Gasteiger partial charge is 0.253 e. The van der Waals surface area contributed by atoms with Crippen molar-refractivity contribution in [2.75, 3.05) is 50.1 Å². The van der Waals surface area contributed by atoms with Gasteiger partial charge in [-0.3, -0.25) is 4.79 Å². The number of carbonyl (C=O) groups is 1. The number of benzene rings is 1. The van der Waals surface area contributed by atoms with Gasteiger partial charge in [0.15, 0.2) is 5.82 Å². The average Bonchev–Trinajstić information content (AvgIpc) is 2.68. The van der Waals surface area contributed by atoms with Crippen molar-refractivity contribution in [1.82, 2.24) is 9.88 Å². The minimum absolute atomic E-state index is 0.0650. The third-order valence-corrected chi connectivity index (χ3v) is 4.36. The van der Waals surface area contributed by atoms with E-state index in [1.807, 2.05) is 47.5 Å². The molecule has 2 heterocycles. The van der Waals surface area contributed by atoms with Crippen molar-refractivity contribution in [3.05, 3.63) is 48.2 Å². The standard InChI is InChI=1S/C19H24N4O2/c1-3-20-17-5-4-10-21-18(17)22-11-13-23(14-12-22)19(24)15-6-8-16(25-2)9-7-15/h4-10,20H,3,11-14H2,1-2H3. The summed E-state index contributed by atoms with van der Waals surface area (Å²) in [6.45, 7) is 5.85. The lowest BCUT2D eigenvalue weighted by molar-refractivity contribution is 0.0746. The van der Waals surface area contributed by atoms with Crippen LogP contribution in [-0.4, -0.2) is 55.6 Å². The molecule has 3 rings (SSSR count). The van der Waals surface area contributed by atoms with Gasteiger partial charge in [-0.15, -0.1) is 0 Å². The number of anilines is 2. The first-order chi connectivity index (χ1) is 12.2. The predicted octanol–water partition coefficient (Wildman–Crippen LogP) is 2.48. The number of hydrogen-bond donors (Lipinski definition) is 1. The molecular formula is C19H24N4O2. The number of pyridine rings is 1. The molecule has 0 saturated carbocycles. The monoisotopic (exact) mass is 340 g/mol. The number of nitrogens with one attached hydrogen (secondary N) is 1. The van der Waals surface area contributed by atoms with Crippen molar-refractivity contribution in [3.8, 4) is 5.75 Å². The van der Waals surface area contributed by atoms with Gasteiger partial charge in [0.05, 0.1) is 12.8 Å². The Hall–Kier alpha value is -2.76. The lowest BCUT2D eigenvalue weighted by Crippen LogP contribution is -2.49. The number of methoxy groups -OCH3 is 1. The molecule has 132 valence electrons. The fraction of sp³-hybridized carbons (Fsp3) is 0.368. The van der Waals surface area contributed by atoms with Crippen LogP contribution >= 0.6 is 0 Å². The summed E-state index contributed by atoms with van der Waals surface area (Å²) in [6.07, 6.45) is 1.81. The van der Waals surface area contributed by atoms with E-state index in [0.29, 0.717) is 18.7 Å². The predicted molar refractivity (Wildman–Crippen MR) is 99.5 cm³/mol. The maximum atomic E-state index is 12.7. The summed E-state index contributed by atoms with van der Waals surface area (Å²) in [6, 6.07) is 11.2. The molecule has 25 heavy (non-hydrogen) atoms. The molecule has 1 amide bonds. The molecule has 1 N–H and O–H groups in total. The lowest BCUT2D eigenvalue weighted by atomic mass is 10.1. The van der Waals surface area contributed by atoms with Gasteiger partial charge in [-0.25, -0.2) is 4.98 Å². The van der Waals surface area contributed by atoms with Crippen molar-refractivity contribution in [3.63, 3.8) is 0 Å². The van der Waals surface area contributed by atoms with Crippen molar-refractivity contribution >= 4 is 17.4 Å². The molecule has 6 heteroatoms. The minimum atomic E-state index is 0.0650. The van der Waals surface area contributed by atoms with Gasteiger partial charge < -0.3 is 19.9 Å². The Morgan fingerprint density at radius 3 is 2.52 bits per heavy atom. The third-order valence-electron chi connectivity index (χ3n) is 4.36. The number of hydrogen-bond acceptors (Lipinski definition) is 5. The van der Waals surface area contributed by atoms with Crippen molar-refractivity contribution < 1.29 is 9.53 Å². The molecule has 0 bridgehead atoms. The highest BCUT2D eigenvalue weighted by molar-refractivity contribution is 5.94. The second-order valence-corrected chi connectivity index (χ2v) is 5.91. The van der Waals surface area contributed by atoms with Gasteiger partial charge in [0.25, 0.3) is 5.91 Å². The van der Waals surface area contributed by atoms with Gasteiger partial charge in [-0.05, 0) is 43.3 Å². The Kier molecular flexibility index (Phi) is 5.38. The second-order valence-electron chi connectivity index (χ2n) is 5.91. The summed E-state index contributed by atoms with van der Waals surface area (Å²) in [7, 11) is 1.62. The molecule has 0 atom stereocenters. The number of rotatable bonds is 5. The zero-order valence-electron chi connectivity index (χ0n) is 14.7. The summed E-state index contributed by atoms with van der Waals surface area (Å²) in [5.41, 5.74) is 1.74. The van der Waals surface area contributed by atoms with Crippen LogP contribution in [0.15, 0.2) is 42.6 Å². The number of piperazine rings is 1. The number of amides is 1. The zero-order chi connectivity index (χ0) is 17.6. The van der Waals surface area contributed by atoms with E-state index < -0.39 is 0 Å². The first kappa shape index (κ1) is 17.1. The van der Waals surface area contributed by atoms with E-state index in [9.17, 15) is 4.79 Å². The Morgan fingerprint density at radius 2 is 1.88 bits per heavy atom. The number of ether oxygens (including phenoxy) is 1. The lowest BCUT2D eigenvalue weighted by Gasteiger charge is -2.36. The third kappa shape index (κ3) is 3.84. The Labute approximate surface area is 148 Å². The average molecular weight is 340 g/mol. The van der Waals surface area contributed by atoms with Crippen LogP contribution in [0.3, 0.4) is 0 Å². The van der Waals surface area contributed by atoms with Gasteiger partial charge in [-0.1, -0.05) is 0 Å². The quantitative estimate of drug-likeness (QED) is 0.906. The fourth-order valence-electron chi connectivity index (χ4n) is 3.01. The Bertz CT molecular complexity index is 710. The van der Waals surface area contributed by atoms with E-state index in [1.165, 1.54) is 0 Å². The highest BCUT2D eigenvalue weighted by Crippen LogP contribution is 2.24. The van der Waals surface area contributed by atoms with Crippen molar-refractivity contribution in [1.29, 1.82) is 0 Å². The summed E-state index contributed by atoms with van der Waals surface area (Å²) < 4.78 is 5.14. The number of carbonyl (C=O) groups excluding carboxylic acids is 1. The molecular weight excluding hydrogens is 316 g/mol. The maximum Gasteiger partial charge on any atom is 0.253 e. The van der Waals surface area contributed by atoms with Crippen LogP contribution in [0.2, 0.25) is 0 Å². The molecule has 1 fully saturated rings. The number of aromatic nitrogens is 1. The normalized spacial score (nSPS) is 14.3. The SMILES string of the molecule is CCNc1cccnc1N1CCN(C(=O)c2ccc(OC)cc2)CC1. The molecule has 2 aromatic rings. The largest absolute Gasteiger partial charge is 0.497 e. The fourth-order valence-corrected chi connectivity index (χ4v) is 3.01. The van der Waals surface area contributed by atoms with Crippen LogP contribution in [0.25, 0.3) is 0 Å². The Balaban J connectivity index is 1.64. The summed E-state index contributed by atoms with van der Waals surface area (Å²) in [4.78, 5) is 21.3. The van der Waals surface area contributed by atoms with Crippen molar-refractivity contribution in [2.24, 2.45) is 0 Å². The van der Waals surface area contributed by atoms with Crippen LogP contribution in [0.5, 0.6) is 5.75 Å². The molecule has 1 saturated heterocycles. The van der Waals surface area contributed by atoms with Crippen LogP contribution in [-0.2, 0) is 0 Å². The van der Waals surface area contributed by atoms with Gasteiger partial charge in [0, 0.05) is 44.5 Å². The van der Waals surface area contributed by atoms with E-state index in [2.05, 4.69) is 22.1 Å². The zero-order valence-corrected chi connectivity index (χ0v) is 14.7. The van der Waals surface area contributed by atoms with Gasteiger partial charge >= 0.3 is 0 Å². The van der Waals surface area contributed by atoms with E-state index >= 15 is 0 Å². The van der Waals surface area contributed by atoms with E-state index in [0.717, 1.165) is 36.9 Å². The first-order valence-electron chi connectivity index (χ1n) is 8.60. The van der Waals surface area contributed by atoms with E-state index in [4.69, 9.17) is 4.74 Å². The van der Waals surface area contributed by atoms with E-state index in [-0.39, 0.29) is 5.91 Å². The van der Waals surface area contributed by atoms with Gasteiger partial charge in [-0.2, -0.15) is 0 Å². The molecule has 1 aromatic heterocycles. The number of nitrogens with zero attached hydrogens (tertiary/aromatic N) is 3. The van der Waals surface area contributed by atoms with Crippen LogP contribution in [0, 0.1) is 0 Å². The summed E-state index contributed by atoms with van der Waals surface area (Å²) in [5, 5.41) is 3.35. The van der Waals surface area contributed by atoms with Crippen LogP contribution in [0.1, 0.15) is 17.3 Å². The maximum absolute atomic E-state index is 12.7. The minimum Gasteiger partial charge on any atom is -0.497 e. The summed E-state index contributed by atoms with van der Waals surface area (Å²) in [5.74, 6) is 1.78. The topological polar surface area (TPSA) is 57.7 Å². The molecule has 0 spiro atoms. The van der Waals surface area contributed by atoms with Gasteiger partial charge in [0.1, 0.15) is 5.75 Å². The van der Waals surface area contributed by atoms with Crippen LogP contribution < -0.4 is 15.0 Å². The van der Waals surface area contributed by atoms with E-state index in [1.54, 1.807) is 7.11 Å². The molecule has 1 aliphatic rings. The Morgan fingerprint density at radius 1 is 1.16 bits per heavy atom. The molecule has 0 aliphatic carbocycles. The van der Waals surface area contributed by atoms with Crippen molar-refractivity contribution in [2.45, 2.75) is 6.92 Å². The van der Waals surface area contributed by atoms with Crippen LogP contribution in [0.4, 0.5) is 11.5 Å². The first-order valence-corrected chi connectivity index (χ1v) is 8.60. The molecule has 0 unspecified atom stereocenters. The highest BCUT2D eigenvalue weighted by Gasteiger charge is 2.24. The highest BCUT2D eigenvalue weighted by atomic mass is 16.5. The molecule has 1 aromatic carbocycles. The molecule has 6 nitrogen and oxygen atoms in total. The molecule has 1 aliphatic heterocycles. The summed E-state index contributed by atoms with van der Waals surface area (Å²) >= 11 is 0. The molecule has 0 radical (unpaired) electrons. The van der Waals surface area contributed by atoms with Gasteiger partial charge in [0.2, 0.25) is 0 Å². The second kappa shape index (κ2) is 7.88.